The fraction of sp³-hybridized carbons (Fsp3) is 0.259. The van der Waals surface area contributed by atoms with Gasteiger partial charge in [0.1, 0.15) is 5.75 Å². The lowest BCUT2D eigenvalue weighted by molar-refractivity contribution is 0.0981. The third-order valence-electron chi connectivity index (χ3n) is 6.71. The summed E-state index contributed by atoms with van der Waals surface area (Å²) >= 11 is 5.91. The second-order valence-corrected chi connectivity index (χ2v) is 11.2. The predicted molar refractivity (Wildman–Crippen MR) is 142 cm³/mol. The van der Waals surface area contributed by atoms with Gasteiger partial charge in [0.15, 0.2) is 0 Å². The van der Waals surface area contributed by atoms with Crippen molar-refractivity contribution in [2.45, 2.75) is 43.0 Å². The molecule has 3 aromatic carbocycles. The maximum Gasteiger partial charge on any atom is 0.279 e. The van der Waals surface area contributed by atoms with Crippen LogP contribution in [0, 0.1) is 0 Å². The van der Waals surface area contributed by atoms with Gasteiger partial charge in [-0.1, -0.05) is 36.9 Å². The highest BCUT2D eigenvalue weighted by Crippen LogP contribution is 2.32. The van der Waals surface area contributed by atoms with Crippen molar-refractivity contribution in [3.05, 3.63) is 87.7 Å². The number of sulfonamides is 1. The summed E-state index contributed by atoms with van der Waals surface area (Å²) in [7, 11) is -2.56. The fourth-order valence-electron chi connectivity index (χ4n) is 4.89. The van der Waals surface area contributed by atoms with E-state index in [9.17, 15) is 18.0 Å². The highest BCUT2D eigenvalue weighted by Gasteiger charge is 2.25. The quantitative estimate of drug-likeness (QED) is 0.368. The van der Waals surface area contributed by atoms with Crippen LogP contribution in [0.5, 0.6) is 5.75 Å². The van der Waals surface area contributed by atoms with E-state index in [0.717, 1.165) is 32.1 Å². The van der Waals surface area contributed by atoms with Gasteiger partial charge in [0.05, 0.1) is 34.6 Å². The first-order valence-corrected chi connectivity index (χ1v) is 13.9. The molecule has 0 radical (unpaired) electrons. The second kappa shape index (κ2) is 10.1. The number of hydrogen-bond donors (Lipinski definition) is 1. The van der Waals surface area contributed by atoms with E-state index < -0.39 is 15.9 Å². The molecule has 1 amide bonds. The van der Waals surface area contributed by atoms with Crippen molar-refractivity contribution < 1.29 is 17.9 Å². The van der Waals surface area contributed by atoms with E-state index in [1.54, 1.807) is 42.1 Å². The molecular weight excluding hydrogens is 514 g/mol. The van der Waals surface area contributed by atoms with Crippen LogP contribution in [0.25, 0.3) is 16.6 Å². The Morgan fingerprint density at radius 3 is 2.41 bits per heavy atom. The van der Waals surface area contributed by atoms with Gasteiger partial charge < -0.3 is 4.74 Å². The van der Waals surface area contributed by atoms with Gasteiger partial charge in [-0.2, -0.15) is 0 Å². The summed E-state index contributed by atoms with van der Waals surface area (Å²) in [5.74, 6) is -0.153. The molecule has 1 heterocycles. The Morgan fingerprint density at radius 1 is 1.00 bits per heavy atom. The molecule has 37 heavy (non-hydrogen) atoms. The molecule has 0 saturated heterocycles. The molecule has 1 fully saturated rings. The highest BCUT2D eigenvalue weighted by molar-refractivity contribution is 7.90. The van der Waals surface area contributed by atoms with Gasteiger partial charge >= 0.3 is 0 Å². The number of benzene rings is 3. The molecule has 1 saturated carbocycles. The smallest absolute Gasteiger partial charge is 0.279 e. The third-order valence-corrected chi connectivity index (χ3v) is 8.28. The number of halogens is 1. The Morgan fingerprint density at radius 2 is 1.73 bits per heavy atom. The number of hydrogen-bond acceptors (Lipinski definition) is 5. The van der Waals surface area contributed by atoms with Crippen molar-refractivity contribution in [3.8, 4) is 11.4 Å². The molecule has 0 aliphatic heterocycles. The zero-order valence-corrected chi connectivity index (χ0v) is 21.8. The minimum absolute atomic E-state index is 0.0675. The summed E-state index contributed by atoms with van der Waals surface area (Å²) in [5.41, 5.74) is 1.17. The molecule has 1 aliphatic rings. The van der Waals surface area contributed by atoms with E-state index >= 15 is 0 Å². The number of nitrogens with one attached hydrogen (secondary N) is 1. The number of rotatable bonds is 6. The zero-order chi connectivity index (χ0) is 26.2. The maximum absolute atomic E-state index is 13.7. The number of carbonyl (C=O) groups excluding carboxylic acids is 1. The van der Waals surface area contributed by atoms with Crippen LogP contribution in [0.15, 0.2) is 76.4 Å². The molecule has 0 unspecified atom stereocenters. The standard InChI is InChI=1S/C27H26ClN3O5S/c1-36-22-13-11-21(12-14-22)31-27(33)24-16-18(10-15-25(24)30(31)20-7-3-2-4-8-20)26(32)29-37(34,35)23-9-5-6-19(28)17-23/h5-6,9-17,20H,2-4,7-8H2,1H3,(H,29,32). The van der Waals surface area contributed by atoms with Crippen molar-refractivity contribution >= 4 is 38.4 Å². The van der Waals surface area contributed by atoms with Crippen LogP contribution in [0.2, 0.25) is 5.02 Å². The van der Waals surface area contributed by atoms with E-state index in [1.807, 2.05) is 16.8 Å². The molecule has 0 spiro atoms. The van der Waals surface area contributed by atoms with Gasteiger partial charge in [-0.05, 0) is 73.5 Å². The van der Waals surface area contributed by atoms with E-state index in [4.69, 9.17) is 16.3 Å². The van der Waals surface area contributed by atoms with Gasteiger partial charge in [-0.25, -0.2) is 17.8 Å². The number of aromatic nitrogens is 2. The number of amides is 1. The Labute approximate surface area is 219 Å². The highest BCUT2D eigenvalue weighted by atomic mass is 35.5. The number of ether oxygens (including phenoxy) is 1. The van der Waals surface area contributed by atoms with E-state index in [-0.39, 0.29) is 27.1 Å². The first kappa shape index (κ1) is 25.1. The Balaban J connectivity index is 1.58. The van der Waals surface area contributed by atoms with Crippen molar-refractivity contribution in [2.75, 3.05) is 7.11 Å². The van der Waals surface area contributed by atoms with Crippen LogP contribution in [-0.2, 0) is 10.0 Å². The lowest BCUT2D eigenvalue weighted by Gasteiger charge is -2.26. The summed E-state index contributed by atoms with van der Waals surface area (Å²) in [6, 6.07) is 17.7. The Kier molecular flexibility index (Phi) is 6.83. The summed E-state index contributed by atoms with van der Waals surface area (Å²) < 4.78 is 36.5. The van der Waals surface area contributed by atoms with Crippen LogP contribution in [0.1, 0.15) is 48.5 Å². The molecule has 5 rings (SSSR count). The first-order valence-electron chi connectivity index (χ1n) is 12.0. The number of methoxy groups -OCH3 is 1. The summed E-state index contributed by atoms with van der Waals surface area (Å²) in [6.07, 6.45) is 5.19. The Hall–Kier alpha value is -3.56. The summed E-state index contributed by atoms with van der Waals surface area (Å²) in [4.78, 5) is 26.5. The summed E-state index contributed by atoms with van der Waals surface area (Å²) in [6.45, 7) is 0. The third kappa shape index (κ3) is 4.89. The number of nitrogens with zero attached hydrogens (tertiary/aromatic N) is 2. The minimum atomic E-state index is -4.15. The second-order valence-electron chi connectivity index (χ2n) is 9.08. The van der Waals surface area contributed by atoms with Crippen LogP contribution in [-0.4, -0.2) is 30.8 Å². The number of fused-ring (bicyclic) bond motifs is 1. The van der Waals surface area contributed by atoms with E-state index in [1.165, 1.54) is 24.3 Å². The largest absolute Gasteiger partial charge is 0.497 e. The molecule has 1 aliphatic carbocycles. The average Bonchev–Trinajstić information content (AvgIpc) is 3.20. The zero-order valence-electron chi connectivity index (χ0n) is 20.2. The maximum atomic E-state index is 13.7. The molecule has 0 bridgehead atoms. The normalized spacial score (nSPS) is 14.5. The fourth-order valence-corrected chi connectivity index (χ4v) is 6.17. The van der Waals surface area contributed by atoms with E-state index in [2.05, 4.69) is 4.72 Å². The molecule has 0 atom stereocenters. The van der Waals surface area contributed by atoms with Crippen molar-refractivity contribution in [1.82, 2.24) is 14.1 Å². The van der Waals surface area contributed by atoms with Gasteiger partial charge in [0, 0.05) is 10.6 Å². The van der Waals surface area contributed by atoms with Gasteiger partial charge in [-0.3, -0.25) is 14.3 Å². The van der Waals surface area contributed by atoms with Crippen LogP contribution < -0.4 is 15.0 Å². The van der Waals surface area contributed by atoms with Crippen LogP contribution >= 0.6 is 11.6 Å². The average molecular weight is 540 g/mol. The van der Waals surface area contributed by atoms with Gasteiger partial charge in [-0.15, -0.1) is 0 Å². The Bertz CT molecular complexity index is 1640. The van der Waals surface area contributed by atoms with Crippen LogP contribution in [0.3, 0.4) is 0 Å². The molecule has 1 N–H and O–H groups in total. The molecular formula is C27H26ClN3O5S. The lowest BCUT2D eigenvalue weighted by atomic mass is 9.95. The van der Waals surface area contributed by atoms with Crippen molar-refractivity contribution in [1.29, 1.82) is 0 Å². The predicted octanol–water partition coefficient (Wildman–Crippen LogP) is 5.08. The van der Waals surface area contributed by atoms with Crippen LogP contribution in [0.4, 0.5) is 0 Å². The SMILES string of the molecule is COc1ccc(-n2c(=O)c3cc(C(=O)NS(=O)(=O)c4cccc(Cl)c4)ccc3n2C2CCCCC2)cc1. The molecule has 4 aromatic rings. The van der Waals surface area contributed by atoms with Gasteiger partial charge in [0.25, 0.3) is 21.5 Å². The first-order chi connectivity index (χ1) is 17.8. The van der Waals surface area contributed by atoms with E-state index in [0.29, 0.717) is 22.3 Å². The lowest BCUT2D eigenvalue weighted by Crippen LogP contribution is -2.30. The van der Waals surface area contributed by atoms with Gasteiger partial charge in [0.2, 0.25) is 0 Å². The monoisotopic (exact) mass is 539 g/mol. The molecule has 192 valence electrons. The molecule has 10 heteroatoms. The van der Waals surface area contributed by atoms with Crippen molar-refractivity contribution in [3.63, 3.8) is 0 Å². The van der Waals surface area contributed by atoms with Crippen molar-refractivity contribution in [2.24, 2.45) is 0 Å². The number of carbonyl (C=O) groups is 1. The molecule has 8 nitrogen and oxygen atoms in total. The topological polar surface area (TPSA) is 99.4 Å². The molecule has 1 aromatic heterocycles. The summed E-state index contributed by atoms with van der Waals surface area (Å²) in [5, 5.41) is 0.578. The minimum Gasteiger partial charge on any atom is -0.497 e.